The molecule has 0 saturated heterocycles. The molecule has 3 heterocycles. The predicted octanol–water partition coefficient (Wildman–Crippen LogP) is 2.95. The van der Waals surface area contributed by atoms with Crippen LogP contribution in [0.5, 0.6) is 5.75 Å². The number of hydrogen-bond donors (Lipinski definition) is 2. The van der Waals surface area contributed by atoms with Gasteiger partial charge in [0.1, 0.15) is 23.8 Å². The molecule has 8 nitrogen and oxygen atoms in total. The fourth-order valence-electron chi connectivity index (χ4n) is 4.68. The Balaban J connectivity index is 1.56. The number of aromatic nitrogens is 1. The second-order valence-electron chi connectivity index (χ2n) is 9.29. The molecular formula is C28H25F2N3O5. The van der Waals surface area contributed by atoms with Gasteiger partial charge in [0, 0.05) is 37.0 Å². The van der Waals surface area contributed by atoms with Gasteiger partial charge in [0.2, 0.25) is 5.43 Å². The number of nitrogens with one attached hydrogen (secondary N) is 1. The maximum atomic E-state index is 14.1. The molecular weight excluding hydrogens is 496 g/mol. The third-order valence-corrected chi connectivity index (χ3v) is 6.79. The number of carbonyl (C=O) groups is 2. The van der Waals surface area contributed by atoms with Gasteiger partial charge in [-0.2, -0.15) is 0 Å². The van der Waals surface area contributed by atoms with E-state index in [0.717, 1.165) is 11.6 Å². The van der Waals surface area contributed by atoms with E-state index in [9.17, 15) is 28.3 Å². The molecule has 196 valence electrons. The van der Waals surface area contributed by atoms with Crippen LogP contribution in [0.25, 0.3) is 0 Å². The number of halogens is 2. The lowest BCUT2D eigenvalue weighted by molar-refractivity contribution is 0.0530. The van der Waals surface area contributed by atoms with Crippen LogP contribution >= 0.6 is 0 Å². The molecule has 2 aromatic carbocycles. The first kappa shape index (κ1) is 25.3. The molecule has 5 rings (SSSR count). The van der Waals surface area contributed by atoms with E-state index < -0.39 is 41.0 Å². The summed E-state index contributed by atoms with van der Waals surface area (Å²) in [4.78, 5) is 41.8. The molecule has 2 aliphatic rings. The Bertz CT molecular complexity index is 1490. The Morgan fingerprint density at radius 2 is 1.89 bits per heavy atom. The minimum atomic E-state index is -0.997. The van der Waals surface area contributed by atoms with Gasteiger partial charge < -0.3 is 24.6 Å². The zero-order chi connectivity index (χ0) is 27.0. The quantitative estimate of drug-likeness (QED) is 0.486. The Labute approximate surface area is 216 Å². The predicted molar refractivity (Wildman–Crippen MR) is 134 cm³/mol. The Morgan fingerprint density at radius 1 is 1.13 bits per heavy atom. The average Bonchev–Trinajstić information content (AvgIpc) is 3.03. The van der Waals surface area contributed by atoms with Crippen molar-refractivity contribution in [3.8, 4) is 5.75 Å². The lowest BCUT2D eigenvalue weighted by Gasteiger charge is -2.38. The van der Waals surface area contributed by atoms with Gasteiger partial charge in [-0.15, -0.1) is 0 Å². The minimum Gasteiger partial charge on any atom is -0.483 e. The molecule has 2 N–H and O–H groups in total. The van der Waals surface area contributed by atoms with Gasteiger partial charge in [-0.05, 0) is 18.6 Å². The Hall–Kier alpha value is -4.31. The van der Waals surface area contributed by atoms with E-state index in [-0.39, 0.29) is 48.3 Å². The summed E-state index contributed by atoms with van der Waals surface area (Å²) < 4.78 is 34.6. The second kappa shape index (κ2) is 10.2. The van der Waals surface area contributed by atoms with E-state index in [4.69, 9.17) is 4.74 Å². The molecule has 10 heteroatoms. The number of aliphatic hydroxyl groups is 1. The average molecular weight is 522 g/mol. The number of amides is 2. The zero-order valence-corrected chi connectivity index (χ0v) is 20.4. The normalized spacial score (nSPS) is 20.1. The van der Waals surface area contributed by atoms with Crippen molar-refractivity contribution in [1.82, 2.24) is 14.8 Å². The lowest BCUT2D eigenvalue weighted by Crippen LogP contribution is -2.49. The number of aliphatic hydroxyl groups excluding tert-OH is 1. The SMILES string of the molecule is C[C@H]1C=C[C@@H](O)[C@H]2CN1C(=O)c1c(OCc3ccccc3)c(=O)c(C(=O)NCc3ccc(F)cc3F)cn12. The van der Waals surface area contributed by atoms with Gasteiger partial charge in [0.05, 0.1) is 12.1 Å². The molecule has 38 heavy (non-hydrogen) atoms. The highest BCUT2D eigenvalue weighted by atomic mass is 19.1. The summed E-state index contributed by atoms with van der Waals surface area (Å²) in [5.41, 5.74) is -0.439. The van der Waals surface area contributed by atoms with Gasteiger partial charge in [0.15, 0.2) is 11.4 Å². The van der Waals surface area contributed by atoms with Gasteiger partial charge in [-0.1, -0.05) is 48.6 Å². The largest absolute Gasteiger partial charge is 0.483 e. The number of benzene rings is 2. The minimum absolute atomic E-state index is 0.0301. The van der Waals surface area contributed by atoms with Crippen molar-refractivity contribution in [3.63, 3.8) is 0 Å². The first-order valence-electron chi connectivity index (χ1n) is 12.1. The maximum Gasteiger partial charge on any atom is 0.275 e. The molecule has 0 unspecified atom stereocenters. The summed E-state index contributed by atoms with van der Waals surface area (Å²) in [5.74, 6) is -3.20. The van der Waals surface area contributed by atoms with Gasteiger partial charge in [0.25, 0.3) is 11.8 Å². The van der Waals surface area contributed by atoms with Gasteiger partial charge in [-0.3, -0.25) is 14.4 Å². The van der Waals surface area contributed by atoms with Crippen molar-refractivity contribution in [1.29, 1.82) is 0 Å². The molecule has 0 saturated carbocycles. The van der Waals surface area contributed by atoms with E-state index in [0.29, 0.717) is 6.07 Å². The lowest BCUT2D eigenvalue weighted by atomic mass is 10.0. The zero-order valence-electron chi connectivity index (χ0n) is 20.4. The molecule has 2 aliphatic heterocycles. The summed E-state index contributed by atoms with van der Waals surface area (Å²) in [6.07, 6.45) is 3.53. The first-order valence-corrected chi connectivity index (χ1v) is 12.1. The van der Waals surface area contributed by atoms with Crippen LogP contribution in [0.3, 0.4) is 0 Å². The summed E-state index contributed by atoms with van der Waals surface area (Å²) >= 11 is 0. The van der Waals surface area contributed by atoms with Crippen molar-refractivity contribution < 1.29 is 28.2 Å². The van der Waals surface area contributed by atoms with Crippen LogP contribution in [0.1, 0.15) is 44.9 Å². The van der Waals surface area contributed by atoms with Crippen LogP contribution in [0, 0.1) is 11.6 Å². The number of rotatable bonds is 6. The smallest absolute Gasteiger partial charge is 0.275 e. The molecule has 0 aliphatic carbocycles. The van der Waals surface area contributed by atoms with E-state index >= 15 is 0 Å². The van der Waals surface area contributed by atoms with Crippen LogP contribution in [-0.4, -0.2) is 45.1 Å². The highest BCUT2D eigenvalue weighted by Gasteiger charge is 2.41. The maximum absolute atomic E-state index is 14.1. The fraction of sp³-hybridized carbons (Fsp3) is 0.250. The summed E-state index contributed by atoms with van der Waals surface area (Å²) in [5, 5.41) is 13.3. The molecule has 2 amide bonds. The van der Waals surface area contributed by atoms with Crippen molar-refractivity contribution in [2.24, 2.45) is 0 Å². The molecule has 3 atom stereocenters. The number of carbonyl (C=O) groups excluding carboxylic acids is 2. The highest BCUT2D eigenvalue weighted by molar-refractivity contribution is 5.99. The summed E-state index contributed by atoms with van der Waals surface area (Å²) in [6, 6.07) is 11.0. The van der Waals surface area contributed by atoms with E-state index in [2.05, 4.69) is 5.32 Å². The van der Waals surface area contributed by atoms with Gasteiger partial charge in [-0.25, -0.2) is 8.78 Å². The highest BCUT2D eigenvalue weighted by Crippen LogP contribution is 2.33. The van der Waals surface area contributed by atoms with Crippen LogP contribution < -0.4 is 15.5 Å². The number of ether oxygens (including phenoxy) is 1. The third kappa shape index (κ3) is 4.70. The van der Waals surface area contributed by atoms with Crippen molar-refractivity contribution in [2.75, 3.05) is 6.54 Å². The van der Waals surface area contributed by atoms with Crippen molar-refractivity contribution in [2.45, 2.75) is 38.3 Å². The molecule has 0 radical (unpaired) electrons. The topological polar surface area (TPSA) is 101 Å². The van der Waals surface area contributed by atoms with Crippen LogP contribution in [0.2, 0.25) is 0 Å². The third-order valence-electron chi connectivity index (χ3n) is 6.79. The van der Waals surface area contributed by atoms with Crippen LogP contribution in [0.15, 0.2) is 71.7 Å². The molecule has 0 spiro atoms. The van der Waals surface area contributed by atoms with E-state index in [1.165, 1.54) is 16.8 Å². The molecule has 2 bridgehead atoms. The van der Waals surface area contributed by atoms with Crippen molar-refractivity contribution >= 4 is 11.8 Å². The van der Waals surface area contributed by atoms with E-state index in [1.54, 1.807) is 48.2 Å². The van der Waals surface area contributed by atoms with E-state index in [1.807, 2.05) is 6.07 Å². The number of nitrogens with zero attached hydrogens (tertiary/aromatic N) is 2. The number of fused-ring (bicyclic) bond motifs is 4. The van der Waals surface area contributed by atoms with Crippen LogP contribution in [-0.2, 0) is 13.2 Å². The first-order chi connectivity index (χ1) is 18.2. The fourth-order valence-corrected chi connectivity index (χ4v) is 4.68. The monoisotopic (exact) mass is 521 g/mol. The van der Waals surface area contributed by atoms with Crippen LogP contribution in [0.4, 0.5) is 8.78 Å². The molecule has 0 fully saturated rings. The molecule has 3 aromatic rings. The Kier molecular flexibility index (Phi) is 6.81. The summed E-state index contributed by atoms with van der Waals surface area (Å²) in [7, 11) is 0. The molecule has 1 aromatic heterocycles. The second-order valence-corrected chi connectivity index (χ2v) is 9.29. The number of hydrogen-bond acceptors (Lipinski definition) is 5. The standard InChI is InChI=1S/C28H25F2N3O5/c1-16-7-10-23(34)22-14-32(16)28(37)24-26(38-15-17-5-3-2-4-6-17)25(35)20(13-33(22)24)27(36)31-12-18-8-9-19(29)11-21(18)30/h2-11,13,16,22-23,34H,12,14-15H2,1H3,(H,31,36)/t16-,22+,23+/m0/s1. The number of pyridine rings is 1. The van der Waals surface area contributed by atoms with Gasteiger partial charge >= 0.3 is 0 Å². The van der Waals surface area contributed by atoms with Crippen molar-refractivity contribution in [3.05, 3.63) is 111 Å². The summed E-state index contributed by atoms with van der Waals surface area (Å²) in [6.45, 7) is 1.62. The Morgan fingerprint density at radius 3 is 2.63 bits per heavy atom.